The number of hydrogen-bond donors (Lipinski definition) is 1. The Morgan fingerprint density at radius 1 is 1.37 bits per heavy atom. The lowest BCUT2D eigenvalue weighted by Crippen LogP contribution is -2.26. The van der Waals surface area contributed by atoms with Crippen LogP contribution in [0.2, 0.25) is 0 Å². The average molecular weight is 259 g/mol. The van der Waals surface area contributed by atoms with E-state index in [4.69, 9.17) is 4.74 Å². The van der Waals surface area contributed by atoms with Gasteiger partial charge in [-0.3, -0.25) is 4.98 Å². The van der Waals surface area contributed by atoms with Crippen molar-refractivity contribution in [3.63, 3.8) is 0 Å². The summed E-state index contributed by atoms with van der Waals surface area (Å²) in [6.45, 7) is 0. The lowest BCUT2D eigenvalue weighted by Gasteiger charge is -2.25. The number of ether oxygens (including phenoxy) is 1. The molecule has 1 aromatic heterocycles. The van der Waals surface area contributed by atoms with Crippen molar-refractivity contribution in [3.05, 3.63) is 59.2 Å². The summed E-state index contributed by atoms with van der Waals surface area (Å²) in [6, 6.07) is 7.99. The van der Waals surface area contributed by atoms with Gasteiger partial charge < -0.3 is 9.84 Å². The van der Waals surface area contributed by atoms with Crippen LogP contribution in [0.1, 0.15) is 23.2 Å². The number of aromatic nitrogens is 1. The maximum Gasteiger partial charge on any atom is 0.143 e. The van der Waals surface area contributed by atoms with E-state index in [0.29, 0.717) is 29.8 Å². The zero-order valence-corrected chi connectivity index (χ0v) is 10.6. The van der Waals surface area contributed by atoms with Gasteiger partial charge in [-0.15, -0.1) is 0 Å². The highest BCUT2D eigenvalue weighted by molar-refractivity contribution is 5.47. The number of aryl methyl sites for hydroxylation is 1. The van der Waals surface area contributed by atoms with E-state index in [1.807, 2.05) is 0 Å². The molecule has 3 nitrogen and oxygen atoms in total. The Morgan fingerprint density at radius 3 is 3.00 bits per heavy atom. The monoisotopic (exact) mass is 259 g/mol. The van der Waals surface area contributed by atoms with E-state index in [1.54, 1.807) is 31.5 Å². The minimum atomic E-state index is -1.20. The van der Waals surface area contributed by atoms with Gasteiger partial charge in [-0.1, -0.05) is 6.07 Å². The molecular formula is C15H14FNO2. The van der Waals surface area contributed by atoms with E-state index in [-0.39, 0.29) is 5.82 Å². The van der Waals surface area contributed by atoms with Gasteiger partial charge >= 0.3 is 0 Å². The number of pyridine rings is 1. The third-order valence-electron chi connectivity index (χ3n) is 3.65. The molecule has 0 saturated carbocycles. The van der Waals surface area contributed by atoms with Gasteiger partial charge in [0.2, 0.25) is 0 Å². The van der Waals surface area contributed by atoms with E-state index >= 15 is 0 Å². The first-order chi connectivity index (χ1) is 9.15. The highest BCUT2D eigenvalue weighted by Gasteiger charge is 2.41. The molecule has 1 atom stereocenters. The predicted octanol–water partition coefficient (Wildman–Crippen LogP) is 2.41. The topological polar surface area (TPSA) is 42.4 Å². The van der Waals surface area contributed by atoms with Crippen LogP contribution in [0.15, 0.2) is 36.5 Å². The number of rotatable bonds is 2. The standard InChI is InChI=1S/C15H14FNO2/c1-19-13-3-2-8-17-14(13)15(18)7-6-10-9-11(16)4-5-12(10)15/h2-5,8-9,18H,6-7H2,1H3. The first-order valence-corrected chi connectivity index (χ1v) is 6.16. The molecule has 2 aromatic rings. The normalized spacial score (nSPS) is 21.2. The molecule has 3 rings (SSSR count). The van der Waals surface area contributed by atoms with Crippen molar-refractivity contribution in [2.45, 2.75) is 18.4 Å². The summed E-state index contributed by atoms with van der Waals surface area (Å²) < 4.78 is 18.5. The number of methoxy groups -OCH3 is 1. The quantitative estimate of drug-likeness (QED) is 0.900. The van der Waals surface area contributed by atoms with Gasteiger partial charge in [0, 0.05) is 6.20 Å². The number of halogens is 1. The van der Waals surface area contributed by atoms with E-state index < -0.39 is 5.60 Å². The maximum atomic E-state index is 13.2. The average Bonchev–Trinajstić information content (AvgIpc) is 2.77. The van der Waals surface area contributed by atoms with Crippen molar-refractivity contribution in [1.29, 1.82) is 0 Å². The largest absolute Gasteiger partial charge is 0.495 e. The molecule has 19 heavy (non-hydrogen) atoms. The van der Waals surface area contributed by atoms with Crippen LogP contribution in [0.5, 0.6) is 5.75 Å². The van der Waals surface area contributed by atoms with Crippen LogP contribution in [0.25, 0.3) is 0 Å². The zero-order chi connectivity index (χ0) is 13.5. The number of hydrogen-bond acceptors (Lipinski definition) is 3. The fourth-order valence-electron chi connectivity index (χ4n) is 2.73. The predicted molar refractivity (Wildman–Crippen MR) is 68.5 cm³/mol. The molecule has 98 valence electrons. The van der Waals surface area contributed by atoms with Crippen LogP contribution in [0.4, 0.5) is 4.39 Å². The van der Waals surface area contributed by atoms with Crippen LogP contribution in [-0.2, 0) is 12.0 Å². The fraction of sp³-hybridized carbons (Fsp3) is 0.267. The Morgan fingerprint density at radius 2 is 2.21 bits per heavy atom. The van der Waals surface area contributed by atoms with Gasteiger partial charge in [-0.2, -0.15) is 0 Å². The Hall–Kier alpha value is -1.94. The minimum absolute atomic E-state index is 0.281. The van der Waals surface area contributed by atoms with Crippen molar-refractivity contribution in [2.24, 2.45) is 0 Å². The van der Waals surface area contributed by atoms with Gasteiger partial charge in [0.15, 0.2) is 0 Å². The molecule has 1 unspecified atom stereocenters. The van der Waals surface area contributed by atoms with Crippen molar-refractivity contribution in [3.8, 4) is 5.75 Å². The summed E-state index contributed by atoms with van der Waals surface area (Å²) in [5.74, 6) is 0.262. The number of benzene rings is 1. The van der Waals surface area contributed by atoms with E-state index in [0.717, 1.165) is 5.56 Å². The Kier molecular flexibility index (Phi) is 2.75. The Bertz CT molecular complexity index is 629. The number of fused-ring (bicyclic) bond motifs is 1. The smallest absolute Gasteiger partial charge is 0.143 e. The summed E-state index contributed by atoms with van der Waals surface area (Å²) in [5, 5.41) is 11.0. The molecule has 0 amide bonds. The minimum Gasteiger partial charge on any atom is -0.495 e. The highest BCUT2D eigenvalue weighted by atomic mass is 19.1. The van der Waals surface area contributed by atoms with Crippen LogP contribution in [0.3, 0.4) is 0 Å². The molecule has 4 heteroatoms. The molecule has 0 aliphatic heterocycles. The molecule has 0 fully saturated rings. The second kappa shape index (κ2) is 4.31. The third kappa shape index (κ3) is 1.79. The molecule has 0 spiro atoms. The zero-order valence-electron chi connectivity index (χ0n) is 10.6. The molecule has 1 N–H and O–H groups in total. The van der Waals surface area contributed by atoms with Gasteiger partial charge in [-0.25, -0.2) is 4.39 Å². The van der Waals surface area contributed by atoms with E-state index in [1.165, 1.54) is 12.1 Å². The third-order valence-corrected chi connectivity index (χ3v) is 3.65. The fourth-order valence-corrected chi connectivity index (χ4v) is 2.73. The summed E-state index contributed by atoms with van der Waals surface area (Å²) in [4.78, 5) is 4.26. The Balaban J connectivity index is 2.16. The summed E-state index contributed by atoms with van der Waals surface area (Å²) >= 11 is 0. The molecule has 1 aromatic carbocycles. The van der Waals surface area contributed by atoms with E-state index in [9.17, 15) is 9.50 Å². The lowest BCUT2D eigenvalue weighted by atomic mass is 9.91. The van der Waals surface area contributed by atoms with Crippen LogP contribution in [0, 0.1) is 5.82 Å². The molecule has 0 radical (unpaired) electrons. The molecular weight excluding hydrogens is 245 g/mol. The molecule has 0 bridgehead atoms. The van der Waals surface area contributed by atoms with Crippen molar-refractivity contribution < 1.29 is 14.2 Å². The summed E-state index contributed by atoms with van der Waals surface area (Å²) in [6.07, 6.45) is 2.74. The van der Waals surface area contributed by atoms with Crippen molar-refractivity contribution >= 4 is 0 Å². The molecule has 0 saturated heterocycles. The van der Waals surface area contributed by atoms with Crippen LogP contribution in [-0.4, -0.2) is 17.2 Å². The van der Waals surface area contributed by atoms with Crippen molar-refractivity contribution in [2.75, 3.05) is 7.11 Å². The number of aliphatic hydroxyl groups is 1. The maximum absolute atomic E-state index is 13.2. The van der Waals surface area contributed by atoms with Gasteiger partial charge in [0.05, 0.1) is 7.11 Å². The number of nitrogens with zero attached hydrogens (tertiary/aromatic N) is 1. The summed E-state index contributed by atoms with van der Waals surface area (Å²) in [5.41, 5.74) is 0.833. The molecule has 1 aliphatic rings. The first kappa shape index (κ1) is 12.1. The lowest BCUT2D eigenvalue weighted by molar-refractivity contribution is 0.0751. The SMILES string of the molecule is COc1cccnc1C1(O)CCc2cc(F)ccc21. The summed E-state index contributed by atoms with van der Waals surface area (Å²) in [7, 11) is 1.55. The van der Waals surface area contributed by atoms with Crippen molar-refractivity contribution in [1.82, 2.24) is 4.98 Å². The Labute approximate surface area is 110 Å². The van der Waals surface area contributed by atoms with Gasteiger partial charge in [0.25, 0.3) is 0 Å². The van der Waals surface area contributed by atoms with Gasteiger partial charge in [0.1, 0.15) is 22.9 Å². The first-order valence-electron chi connectivity index (χ1n) is 6.16. The molecule has 1 aliphatic carbocycles. The second-order valence-electron chi connectivity index (χ2n) is 4.72. The molecule has 1 heterocycles. The van der Waals surface area contributed by atoms with Crippen LogP contribution >= 0.6 is 0 Å². The van der Waals surface area contributed by atoms with E-state index in [2.05, 4.69) is 4.98 Å². The van der Waals surface area contributed by atoms with Gasteiger partial charge in [-0.05, 0) is 48.2 Å². The second-order valence-corrected chi connectivity index (χ2v) is 4.72. The van der Waals surface area contributed by atoms with Crippen LogP contribution < -0.4 is 4.74 Å². The highest BCUT2D eigenvalue weighted by Crippen LogP contribution is 2.44.